The molecule has 1 saturated heterocycles. The number of aryl methyl sites for hydroxylation is 1. The Hall–Kier alpha value is -2.29. The number of rotatable bonds is 4. The first-order valence-corrected chi connectivity index (χ1v) is 9.74. The van der Waals surface area contributed by atoms with Crippen molar-refractivity contribution in [2.24, 2.45) is 0 Å². The van der Waals surface area contributed by atoms with Gasteiger partial charge in [0, 0.05) is 18.7 Å². The van der Waals surface area contributed by atoms with Gasteiger partial charge in [-0.3, -0.25) is 10.1 Å². The van der Waals surface area contributed by atoms with Gasteiger partial charge in [0.25, 0.3) is 5.69 Å². The Morgan fingerprint density at radius 2 is 1.88 bits per heavy atom. The highest BCUT2D eigenvalue weighted by atomic mass is 32.2. The van der Waals surface area contributed by atoms with Gasteiger partial charge in [0.2, 0.25) is 10.0 Å². The van der Waals surface area contributed by atoms with E-state index in [-0.39, 0.29) is 23.5 Å². The molecule has 2 aromatic rings. The molecule has 2 aromatic carbocycles. The average Bonchev–Trinajstić information content (AvgIpc) is 2.62. The number of aliphatic hydroxyl groups is 1. The van der Waals surface area contributed by atoms with Crippen LogP contribution in [0.2, 0.25) is 0 Å². The maximum atomic E-state index is 13.1. The second-order valence-corrected chi connectivity index (χ2v) is 8.37. The maximum Gasteiger partial charge on any atom is 0.269 e. The van der Waals surface area contributed by atoms with Crippen LogP contribution in [-0.2, 0) is 10.0 Å². The standard InChI is InChI=1S/C18H20N2O5S/c1-13-5-7-17(8-6-13)26(24,25)19-10-9-16(21)12-18(19)14-3-2-4-15(11-14)20(22)23/h2-8,11,16,18,21H,9-10,12H2,1H3/t16-,18-/m0/s1. The van der Waals surface area contributed by atoms with E-state index in [1.165, 1.54) is 22.5 Å². The van der Waals surface area contributed by atoms with Crippen LogP contribution in [0.4, 0.5) is 5.69 Å². The molecule has 0 radical (unpaired) electrons. The fraction of sp³-hybridized carbons (Fsp3) is 0.333. The van der Waals surface area contributed by atoms with Crippen molar-refractivity contribution in [2.75, 3.05) is 6.54 Å². The molecule has 0 bridgehead atoms. The lowest BCUT2D eigenvalue weighted by molar-refractivity contribution is -0.385. The molecule has 1 aliphatic rings. The molecule has 1 aliphatic heterocycles. The molecule has 8 heteroatoms. The smallest absolute Gasteiger partial charge is 0.269 e. The molecule has 1 N–H and O–H groups in total. The van der Waals surface area contributed by atoms with Crippen molar-refractivity contribution in [3.05, 3.63) is 69.8 Å². The molecule has 1 heterocycles. The molecule has 1 fully saturated rings. The summed E-state index contributed by atoms with van der Waals surface area (Å²) in [5, 5.41) is 21.1. The zero-order valence-electron chi connectivity index (χ0n) is 14.3. The second-order valence-electron chi connectivity index (χ2n) is 6.47. The van der Waals surface area contributed by atoms with Gasteiger partial charge < -0.3 is 5.11 Å². The number of non-ortho nitro benzene ring substituents is 1. The summed E-state index contributed by atoms with van der Waals surface area (Å²) in [6, 6.07) is 11.9. The lowest BCUT2D eigenvalue weighted by Gasteiger charge is -2.37. The third-order valence-electron chi connectivity index (χ3n) is 4.62. The number of sulfonamides is 1. The van der Waals surface area contributed by atoms with Gasteiger partial charge in [0.15, 0.2) is 0 Å². The zero-order chi connectivity index (χ0) is 18.9. The van der Waals surface area contributed by atoms with E-state index in [1.54, 1.807) is 30.3 Å². The van der Waals surface area contributed by atoms with Crippen molar-refractivity contribution >= 4 is 15.7 Å². The molecule has 138 valence electrons. The molecule has 0 amide bonds. The number of nitro benzene ring substituents is 1. The molecule has 3 rings (SSSR count). The van der Waals surface area contributed by atoms with Gasteiger partial charge in [0.1, 0.15) is 0 Å². The first-order valence-electron chi connectivity index (χ1n) is 8.30. The Morgan fingerprint density at radius 3 is 2.54 bits per heavy atom. The first kappa shape index (κ1) is 18.5. The molecule has 0 aliphatic carbocycles. The first-order chi connectivity index (χ1) is 12.3. The third kappa shape index (κ3) is 3.62. The van der Waals surface area contributed by atoms with Crippen LogP contribution in [0.1, 0.15) is 30.0 Å². The predicted molar refractivity (Wildman–Crippen MR) is 96.1 cm³/mol. The number of nitro groups is 1. The fourth-order valence-corrected chi connectivity index (χ4v) is 4.85. The molecule has 0 spiro atoms. The van der Waals surface area contributed by atoms with Gasteiger partial charge in [-0.15, -0.1) is 0 Å². The lowest BCUT2D eigenvalue weighted by Crippen LogP contribution is -2.42. The number of hydrogen-bond acceptors (Lipinski definition) is 5. The number of nitrogens with zero attached hydrogens (tertiary/aromatic N) is 2. The zero-order valence-corrected chi connectivity index (χ0v) is 15.1. The minimum Gasteiger partial charge on any atom is -0.393 e. The quantitative estimate of drug-likeness (QED) is 0.653. The number of benzene rings is 2. The summed E-state index contributed by atoms with van der Waals surface area (Å²) in [4.78, 5) is 10.7. The molecule has 0 unspecified atom stereocenters. The van der Waals surface area contributed by atoms with Crippen LogP contribution in [0, 0.1) is 17.0 Å². The largest absolute Gasteiger partial charge is 0.393 e. The van der Waals surface area contributed by atoms with Crippen LogP contribution in [0.5, 0.6) is 0 Å². The van der Waals surface area contributed by atoms with Gasteiger partial charge in [-0.2, -0.15) is 4.31 Å². The highest BCUT2D eigenvalue weighted by Crippen LogP contribution is 2.36. The van der Waals surface area contributed by atoms with Gasteiger partial charge in [0.05, 0.1) is 22.0 Å². The van der Waals surface area contributed by atoms with E-state index in [1.807, 2.05) is 6.92 Å². The summed E-state index contributed by atoms with van der Waals surface area (Å²) in [5.41, 5.74) is 1.36. The van der Waals surface area contributed by atoms with Gasteiger partial charge in [-0.1, -0.05) is 29.8 Å². The molecular weight excluding hydrogens is 356 g/mol. The van der Waals surface area contributed by atoms with Crippen molar-refractivity contribution in [3.63, 3.8) is 0 Å². The van der Waals surface area contributed by atoms with E-state index in [0.29, 0.717) is 12.0 Å². The van der Waals surface area contributed by atoms with Crippen LogP contribution in [0.3, 0.4) is 0 Å². The van der Waals surface area contributed by atoms with Crippen LogP contribution >= 0.6 is 0 Å². The van der Waals surface area contributed by atoms with Crippen LogP contribution in [0.25, 0.3) is 0 Å². The highest BCUT2D eigenvalue weighted by molar-refractivity contribution is 7.89. The molecule has 7 nitrogen and oxygen atoms in total. The number of hydrogen-bond donors (Lipinski definition) is 1. The van der Waals surface area contributed by atoms with E-state index >= 15 is 0 Å². The van der Waals surface area contributed by atoms with Crippen molar-refractivity contribution in [1.82, 2.24) is 4.31 Å². The molecule has 26 heavy (non-hydrogen) atoms. The van der Waals surface area contributed by atoms with Crippen LogP contribution in [-0.4, -0.2) is 35.4 Å². The van der Waals surface area contributed by atoms with E-state index in [0.717, 1.165) is 5.56 Å². The van der Waals surface area contributed by atoms with Crippen molar-refractivity contribution in [2.45, 2.75) is 36.8 Å². The van der Waals surface area contributed by atoms with E-state index in [2.05, 4.69) is 0 Å². The topological polar surface area (TPSA) is 101 Å². The minimum absolute atomic E-state index is 0.102. The van der Waals surface area contributed by atoms with E-state index in [4.69, 9.17) is 0 Å². The van der Waals surface area contributed by atoms with Crippen molar-refractivity contribution in [1.29, 1.82) is 0 Å². The normalized spacial score (nSPS) is 21.5. The molecule has 0 aromatic heterocycles. The van der Waals surface area contributed by atoms with Gasteiger partial charge in [-0.05, 0) is 37.5 Å². The number of aliphatic hydroxyl groups excluding tert-OH is 1. The Balaban J connectivity index is 2.02. The molecular formula is C18H20N2O5S. The summed E-state index contributed by atoms with van der Waals surface area (Å²) in [5.74, 6) is 0. The molecule has 0 saturated carbocycles. The monoisotopic (exact) mass is 376 g/mol. The SMILES string of the molecule is Cc1ccc(S(=O)(=O)N2CC[C@H](O)C[C@H]2c2cccc([N+](=O)[O-])c2)cc1. The highest BCUT2D eigenvalue weighted by Gasteiger charge is 2.37. The van der Waals surface area contributed by atoms with Gasteiger partial charge >= 0.3 is 0 Å². The maximum absolute atomic E-state index is 13.1. The summed E-state index contributed by atoms with van der Waals surface area (Å²) in [6.45, 7) is 2.03. The summed E-state index contributed by atoms with van der Waals surface area (Å²) in [7, 11) is -3.78. The Kier molecular flexibility index (Phi) is 5.08. The second kappa shape index (κ2) is 7.14. The van der Waals surface area contributed by atoms with Crippen LogP contribution < -0.4 is 0 Å². The third-order valence-corrected chi connectivity index (χ3v) is 6.54. The Labute approximate surface area is 152 Å². The van der Waals surface area contributed by atoms with Gasteiger partial charge in [-0.25, -0.2) is 8.42 Å². The fourth-order valence-electron chi connectivity index (χ4n) is 3.21. The summed E-state index contributed by atoms with van der Waals surface area (Å²) < 4.78 is 27.6. The number of piperidine rings is 1. The molecule has 2 atom stereocenters. The Bertz CT molecular complexity index is 911. The van der Waals surface area contributed by atoms with Crippen molar-refractivity contribution in [3.8, 4) is 0 Å². The van der Waals surface area contributed by atoms with E-state index in [9.17, 15) is 23.6 Å². The Morgan fingerprint density at radius 1 is 1.19 bits per heavy atom. The van der Waals surface area contributed by atoms with Crippen molar-refractivity contribution < 1.29 is 18.4 Å². The van der Waals surface area contributed by atoms with E-state index < -0.39 is 27.1 Å². The predicted octanol–water partition coefficient (Wildman–Crippen LogP) is 2.79. The average molecular weight is 376 g/mol. The summed E-state index contributed by atoms with van der Waals surface area (Å²) in [6.07, 6.45) is -0.119. The summed E-state index contributed by atoms with van der Waals surface area (Å²) >= 11 is 0. The lowest BCUT2D eigenvalue weighted by atomic mass is 9.95. The minimum atomic E-state index is -3.78. The van der Waals surface area contributed by atoms with Crippen LogP contribution in [0.15, 0.2) is 53.4 Å².